The molecule has 0 aliphatic heterocycles. The summed E-state index contributed by atoms with van der Waals surface area (Å²) >= 11 is 1.41. The van der Waals surface area contributed by atoms with Gasteiger partial charge < -0.3 is 4.57 Å². The molecule has 4 heteroatoms. The molecule has 0 N–H and O–H groups in total. The van der Waals surface area contributed by atoms with E-state index in [9.17, 15) is 4.79 Å². The summed E-state index contributed by atoms with van der Waals surface area (Å²) in [4.78, 5) is 12.3. The van der Waals surface area contributed by atoms with E-state index in [1.165, 1.54) is 11.5 Å². The van der Waals surface area contributed by atoms with Gasteiger partial charge >= 0.3 is 0 Å². The van der Waals surface area contributed by atoms with Crippen LogP contribution in [-0.2, 0) is 0 Å². The van der Waals surface area contributed by atoms with Crippen molar-refractivity contribution in [3.8, 4) is 5.69 Å². The minimum absolute atomic E-state index is 0.000133. The van der Waals surface area contributed by atoms with Gasteiger partial charge in [0.25, 0.3) is 0 Å². The van der Waals surface area contributed by atoms with Crippen molar-refractivity contribution in [1.82, 2.24) is 8.94 Å². The molecule has 0 aliphatic rings. The van der Waals surface area contributed by atoms with Crippen LogP contribution in [0.15, 0.2) is 42.0 Å². The molecule has 0 atom stereocenters. The van der Waals surface area contributed by atoms with Gasteiger partial charge in [-0.15, -0.1) is 0 Å². The molecule has 96 valence electrons. The number of carbonyl (C=O) groups is 1. The highest BCUT2D eigenvalue weighted by Crippen LogP contribution is 2.27. The summed E-state index contributed by atoms with van der Waals surface area (Å²) in [6.45, 7) is 3.86. The Balaban J connectivity index is 2.28. The van der Waals surface area contributed by atoms with Crippen LogP contribution < -0.4 is 0 Å². The molecule has 0 unspecified atom stereocenters. The topological polar surface area (TPSA) is 34.9 Å². The molecule has 0 amide bonds. The number of benzene rings is 1. The van der Waals surface area contributed by atoms with E-state index in [4.69, 9.17) is 0 Å². The lowest BCUT2D eigenvalue weighted by atomic mass is 10.0. The lowest BCUT2D eigenvalue weighted by Gasteiger charge is -2.01. The number of rotatable bonds is 3. The Morgan fingerprint density at radius 1 is 1.32 bits per heavy atom. The van der Waals surface area contributed by atoms with Gasteiger partial charge in [-0.05, 0) is 17.6 Å². The quantitative estimate of drug-likeness (QED) is 0.676. The highest BCUT2D eigenvalue weighted by molar-refractivity contribution is 7.03. The van der Waals surface area contributed by atoms with Crippen LogP contribution in [0, 0.1) is 5.92 Å². The minimum Gasteiger partial charge on any atom is -0.313 e. The van der Waals surface area contributed by atoms with E-state index in [0.717, 1.165) is 22.2 Å². The average molecular weight is 270 g/mol. The Kier molecular flexibility index (Phi) is 2.95. The second-order valence-corrected chi connectivity index (χ2v) is 5.49. The van der Waals surface area contributed by atoms with E-state index < -0.39 is 0 Å². The summed E-state index contributed by atoms with van der Waals surface area (Å²) in [6, 6.07) is 7.99. The number of para-hydroxylation sites is 1. The van der Waals surface area contributed by atoms with Gasteiger partial charge in [-0.1, -0.05) is 32.0 Å². The molecule has 3 rings (SSSR count). The van der Waals surface area contributed by atoms with Crippen molar-refractivity contribution >= 4 is 28.2 Å². The lowest BCUT2D eigenvalue weighted by molar-refractivity contribution is 0.0941. The van der Waals surface area contributed by atoms with Crippen LogP contribution in [0.2, 0.25) is 0 Å². The summed E-state index contributed by atoms with van der Waals surface area (Å²) < 4.78 is 6.17. The third-order valence-corrected chi connectivity index (χ3v) is 3.77. The molecule has 3 nitrogen and oxygen atoms in total. The summed E-state index contributed by atoms with van der Waals surface area (Å²) in [5.41, 5.74) is 2.84. The van der Waals surface area contributed by atoms with Gasteiger partial charge in [0.2, 0.25) is 0 Å². The number of aromatic nitrogens is 2. The molecule has 2 aromatic heterocycles. The summed E-state index contributed by atoms with van der Waals surface area (Å²) in [5, 5.41) is 2.99. The molecule has 0 saturated carbocycles. The molecule has 0 spiro atoms. The molecule has 1 aromatic carbocycles. The molecular weight excluding hydrogens is 256 g/mol. The third kappa shape index (κ3) is 1.98. The monoisotopic (exact) mass is 270 g/mol. The molecule has 0 bridgehead atoms. The smallest absolute Gasteiger partial charge is 0.167 e. The van der Waals surface area contributed by atoms with Crippen molar-refractivity contribution in [2.24, 2.45) is 5.92 Å². The number of nitrogens with zero attached hydrogens (tertiary/aromatic N) is 2. The molecule has 0 fully saturated rings. The number of hydrogen-bond donors (Lipinski definition) is 0. The van der Waals surface area contributed by atoms with Crippen molar-refractivity contribution in [2.75, 3.05) is 0 Å². The highest BCUT2D eigenvalue weighted by Gasteiger charge is 2.18. The zero-order valence-corrected chi connectivity index (χ0v) is 11.6. The maximum atomic E-state index is 12.3. The van der Waals surface area contributed by atoms with E-state index in [2.05, 4.69) is 4.37 Å². The number of Topliss-reactive ketones (excluding diaryl/α,β-unsaturated/α-hetero) is 1. The Morgan fingerprint density at radius 3 is 2.79 bits per heavy atom. The van der Waals surface area contributed by atoms with Gasteiger partial charge in [-0.3, -0.25) is 4.79 Å². The van der Waals surface area contributed by atoms with Gasteiger partial charge in [0.15, 0.2) is 5.78 Å². The zero-order chi connectivity index (χ0) is 13.4. The second-order valence-electron chi connectivity index (χ2n) is 4.83. The minimum atomic E-state index is -0.000133. The summed E-state index contributed by atoms with van der Waals surface area (Å²) in [6.07, 6.45) is 3.75. The normalized spacial score (nSPS) is 11.3. The molecular formula is C15H14N2OS. The van der Waals surface area contributed by atoms with E-state index >= 15 is 0 Å². The zero-order valence-electron chi connectivity index (χ0n) is 10.8. The van der Waals surface area contributed by atoms with Crippen molar-refractivity contribution in [3.05, 3.63) is 47.6 Å². The number of ketones is 1. The van der Waals surface area contributed by atoms with Crippen molar-refractivity contribution in [2.45, 2.75) is 13.8 Å². The fourth-order valence-corrected chi connectivity index (χ4v) is 2.73. The van der Waals surface area contributed by atoms with E-state index in [1.54, 1.807) is 0 Å². The Hall–Kier alpha value is -1.94. The molecule has 19 heavy (non-hydrogen) atoms. The first kappa shape index (κ1) is 12.1. The molecule has 0 radical (unpaired) electrons. The highest BCUT2D eigenvalue weighted by atomic mass is 32.1. The largest absolute Gasteiger partial charge is 0.313 e. The van der Waals surface area contributed by atoms with E-state index in [0.29, 0.717) is 0 Å². The molecule has 0 aliphatic carbocycles. The first-order valence-electron chi connectivity index (χ1n) is 6.22. The van der Waals surface area contributed by atoms with E-state index in [-0.39, 0.29) is 11.7 Å². The summed E-state index contributed by atoms with van der Waals surface area (Å²) in [5.74, 6) is 0.179. The van der Waals surface area contributed by atoms with Gasteiger partial charge in [0, 0.05) is 28.4 Å². The summed E-state index contributed by atoms with van der Waals surface area (Å²) in [7, 11) is 0. The van der Waals surface area contributed by atoms with Crippen LogP contribution in [0.4, 0.5) is 0 Å². The predicted octanol–water partition coefficient (Wildman–Crippen LogP) is 3.93. The van der Waals surface area contributed by atoms with Crippen molar-refractivity contribution in [3.63, 3.8) is 0 Å². The van der Waals surface area contributed by atoms with Crippen molar-refractivity contribution < 1.29 is 4.79 Å². The Morgan fingerprint density at radius 2 is 2.11 bits per heavy atom. The van der Waals surface area contributed by atoms with Crippen LogP contribution >= 0.6 is 11.5 Å². The number of carbonyl (C=O) groups excluding carboxylic acids is 1. The van der Waals surface area contributed by atoms with E-state index in [1.807, 2.05) is 60.5 Å². The molecule has 3 aromatic rings. The van der Waals surface area contributed by atoms with Crippen LogP contribution in [0.5, 0.6) is 0 Å². The fraction of sp³-hybridized carbons (Fsp3) is 0.200. The Bertz CT molecular complexity index is 726. The lowest BCUT2D eigenvalue weighted by Crippen LogP contribution is -2.06. The second kappa shape index (κ2) is 4.63. The Labute approximate surface area is 115 Å². The van der Waals surface area contributed by atoms with Gasteiger partial charge in [0.1, 0.15) is 0 Å². The molecule has 2 heterocycles. The maximum absolute atomic E-state index is 12.3. The first-order chi connectivity index (χ1) is 9.18. The maximum Gasteiger partial charge on any atom is 0.167 e. The van der Waals surface area contributed by atoms with Gasteiger partial charge in [0.05, 0.1) is 17.4 Å². The van der Waals surface area contributed by atoms with Gasteiger partial charge in [-0.25, -0.2) is 0 Å². The van der Waals surface area contributed by atoms with Crippen LogP contribution in [0.3, 0.4) is 0 Å². The van der Waals surface area contributed by atoms with Crippen LogP contribution in [-0.4, -0.2) is 14.7 Å². The average Bonchev–Trinajstić information content (AvgIpc) is 3.04. The van der Waals surface area contributed by atoms with Crippen LogP contribution in [0.1, 0.15) is 24.2 Å². The van der Waals surface area contributed by atoms with Crippen LogP contribution in [0.25, 0.3) is 16.6 Å². The SMILES string of the molecule is CC(C)C(=O)c1cn(-c2cnsc2)c2ccccc12. The fourth-order valence-electron chi connectivity index (χ4n) is 2.22. The van der Waals surface area contributed by atoms with Crippen molar-refractivity contribution in [1.29, 1.82) is 0 Å². The van der Waals surface area contributed by atoms with Gasteiger partial charge in [-0.2, -0.15) is 4.37 Å². The number of fused-ring (bicyclic) bond motifs is 1. The number of hydrogen-bond acceptors (Lipinski definition) is 3. The molecule has 0 saturated heterocycles. The standard InChI is InChI=1S/C15H14N2OS/c1-10(2)15(18)13-8-17(11-7-16-19-9-11)14-6-4-3-5-12(13)14/h3-10H,1-2H3. The predicted molar refractivity (Wildman–Crippen MR) is 78.1 cm³/mol. The first-order valence-corrected chi connectivity index (χ1v) is 7.06. The third-order valence-electron chi connectivity index (χ3n) is 3.20.